The van der Waals surface area contributed by atoms with Crippen molar-refractivity contribution in [3.05, 3.63) is 28.8 Å². The van der Waals surface area contributed by atoms with Crippen LogP contribution in [-0.4, -0.2) is 38.4 Å². The van der Waals surface area contributed by atoms with E-state index in [-0.39, 0.29) is 5.56 Å². The van der Waals surface area contributed by atoms with Gasteiger partial charge < -0.3 is 14.7 Å². The van der Waals surface area contributed by atoms with Crippen LogP contribution in [0.15, 0.2) is 18.2 Å². The summed E-state index contributed by atoms with van der Waals surface area (Å²) in [6, 6.07) is 4.88. The second-order valence-electron chi connectivity index (χ2n) is 3.71. The Labute approximate surface area is 106 Å². The summed E-state index contributed by atoms with van der Waals surface area (Å²) < 4.78 is 4.96. The molecule has 1 N–H and O–H groups in total. The normalized spacial score (nSPS) is 10.3. The summed E-state index contributed by atoms with van der Waals surface area (Å²) in [5.74, 6) is -0.971. The topological polar surface area (TPSA) is 49.8 Å². The number of rotatable bonds is 6. The highest BCUT2D eigenvalue weighted by Gasteiger charge is 2.16. The van der Waals surface area contributed by atoms with Gasteiger partial charge in [-0.05, 0) is 18.6 Å². The Kier molecular flexibility index (Phi) is 5.25. The van der Waals surface area contributed by atoms with Crippen LogP contribution in [-0.2, 0) is 4.74 Å². The fourth-order valence-corrected chi connectivity index (χ4v) is 1.95. The van der Waals surface area contributed by atoms with Gasteiger partial charge in [0.05, 0.1) is 16.3 Å². The summed E-state index contributed by atoms with van der Waals surface area (Å²) in [5, 5.41) is 9.55. The highest BCUT2D eigenvalue weighted by Crippen LogP contribution is 2.29. The predicted molar refractivity (Wildman–Crippen MR) is 68.2 cm³/mol. The maximum atomic E-state index is 11.1. The summed E-state index contributed by atoms with van der Waals surface area (Å²) in [7, 11) is 3.46. The second-order valence-corrected chi connectivity index (χ2v) is 4.12. The van der Waals surface area contributed by atoms with Gasteiger partial charge in [0, 0.05) is 27.3 Å². The van der Waals surface area contributed by atoms with E-state index in [1.54, 1.807) is 25.3 Å². The number of carboxylic acid groups (broad SMARTS) is 1. The molecular formula is C12H16ClNO3. The van der Waals surface area contributed by atoms with Crippen LogP contribution in [0.3, 0.4) is 0 Å². The molecule has 0 saturated carbocycles. The molecule has 4 nitrogen and oxygen atoms in total. The van der Waals surface area contributed by atoms with Crippen molar-refractivity contribution in [3.63, 3.8) is 0 Å². The molecule has 0 atom stereocenters. The highest BCUT2D eigenvalue weighted by atomic mass is 35.5. The number of carboxylic acids is 1. The van der Waals surface area contributed by atoms with Crippen molar-refractivity contribution in [1.82, 2.24) is 0 Å². The predicted octanol–water partition coefficient (Wildman–Crippen LogP) is 2.51. The Hall–Kier alpha value is -1.26. The van der Waals surface area contributed by atoms with Crippen LogP contribution in [0.4, 0.5) is 5.69 Å². The van der Waals surface area contributed by atoms with Crippen LogP contribution in [0.2, 0.25) is 5.02 Å². The van der Waals surface area contributed by atoms with E-state index in [4.69, 9.17) is 21.4 Å². The van der Waals surface area contributed by atoms with Gasteiger partial charge in [-0.15, -0.1) is 0 Å². The smallest absolute Gasteiger partial charge is 0.337 e. The Balaban J connectivity index is 2.90. The first-order chi connectivity index (χ1) is 8.07. The van der Waals surface area contributed by atoms with E-state index in [1.807, 2.05) is 11.9 Å². The van der Waals surface area contributed by atoms with Gasteiger partial charge in [0.2, 0.25) is 0 Å². The van der Waals surface area contributed by atoms with Crippen molar-refractivity contribution < 1.29 is 14.6 Å². The van der Waals surface area contributed by atoms with Crippen LogP contribution >= 0.6 is 11.6 Å². The van der Waals surface area contributed by atoms with E-state index in [0.717, 1.165) is 6.42 Å². The van der Waals surface area contributed by atoms with E-state index >= 15 is 0 Å². The third-order valence-corrected chi connectivity index (χ3v) is 2.75. The fourth-order valence-electron chi connectivity index (χ4n) is 1.63. The molecule has 0 unspecified atom stereocenters. The van der Waals surface area contributed by atoms with Gasteiger partial charge in [-0.2, -0.15) is 0 Å². The first-order valence-electron chi connectivity index (χ1n) is 5.29. The third kappa shape index (κ3) is 3.61. The van der Waals surface area contributed by atoms with E-state index in [0.29, 0.717) is 23.9 Å². The molecule has 0 amide bonds. The van der Waals surface area contributed by atoms with Gasteiger partial charge in [0.25, 0.3) is 0 Å². The van der Waals surface area contributed by atoms with Gasteiger partial charge in [0.1, 0.15) is 0 Å². The zero-order valence-corrected chi connectivity index (χ0v) is 10.7. The molecule has 1 aromatic rings. The maximum absolute atomic E-state index is 11.1. The maximum Gasteiger partial charge on any atom is 0.337 e. The number of halogens is 1. The number of nitrogens with zero attached hydrogens (tertiary/aromatic N) is 1. The van der Waals surface area contributed by atoms with Crippen LogP contribution in [0.25, 0.3) is 0 Å². The van der Waals surface area contributed by atoms with E-state index in [9.17, 15) is 4.79 Å². The molecule has 0 fully saturated rings. The van der Waals surface area contributed by atoms with Gasteiger partial charge >= 0.3 is 5.97 Å². The van der Waals surface area contributed by atoms with Crippen LogP contribution in [0.5, 0.6) is 0 Å². The molecule has 5 heteroatoms. The van der Waals surface area contributed by atoms with Gasteiger partial charge in [0.15, 0.2) is 0 Å². The average molecular weight is 258 g/mol. The van der Waals surface area contributed by atoms with Crippen LogP contribution < -0.4 is 4.90 Å². The van der Waals surface area contributed by atoms with Crippen LogP contribution in [0.1, 0.15) is 16.8 Å². The molecule has 0 saturated heterocycles. The molecule has 0 aromatic heterocycles. The molecule has 94 valence electrons. The molecule has 1 rings (SSSR count). The molecule has 1 aromatic carbocycles. The van der Waals surface area contributed by atoms with Crippen LogP contribution in [0, 0.1) is 0 Å². The molecule has 0 aliphatic carbocycles. The number of anilines is 1. The standard InChI is InChI=1S/C12H16ClNO3/c1-14(7-4-8-17-2)11-9(12(15)16)5-3-6-10(11)13/h3,5-6H,4,7-8H2,1-2H3,(H,15,16). The van der Waals surface area contributed by atoms with E-state index in [1.165, 1.54) is 0 Å². The number of carbonyl (C=O) groups is 1. The lowest BCUT2D eigenvalue weighted by atomic mass is 10.1. The number of benzene rings is 1. The summed E-state index contributed by atoms with van der Waals surface area (Å²) in [4.78, 5) is 12.9. The van der Waals surface area contributed by atoms with Crippen molar-refractivity contribution in [2.24, 2.45) is 0 Å². The SMILES string of the molecule is COCCCN(C)c1c(Cl)cccc1C(=O)O. The van der Waals surface area contributed by atoms with Crippen molar-refractivity contribution >= 4 is 23.3 Å². The quantitative estimate of drug-likeness (QED) is 0.796. The number of aromatic carboxylic acids is 1. The average Bonchev–Trinajstić information content (AvgIpc) is 2.28. The minimum absolute atomic E-state index is 0.220. The summed E-state index contributed by atoms with van der Waals surface area (Å²) in [6.45, 7) is 1.33. The molecule has 0 aliphatic heterocycles. The van der Waals surface area contributed by atoms with Crippen molar-refractivity contribution in [1.29, 1.82) is 0 Å². The zero-order valence-electron chi connectivity index (χ0n) is 9.94. The Bertz CT molecular complexity index is 395. The largest absolute Gasteiger partial charge is 0.478 e. The second kappa shape index (κ2) is 6.47. The van der Waals surface area contributed by atoms with E-state index in [2.05, 4.69) is 0 Å². The third-order valence-electron chi connectivity index (χ3n) is 2.44. The molecule has 0 heterocycles. The minimum Gasteiger partial charge on any atom is -0.478 e. The summed E-state index contributed by atoms with van der Waals surface area (Å²) in [6.07, 6.45) is 0.817. The monoisotopic (exact) mass is 257 g/mol. The Morgan fingerprint density at radius 2 is 2.24 bits per heavy atom. The lowest BCUT2D eigenvalue weighted by molar-refractivity contribution is 0.0697. The summed E-state index contributed by atoms with van der Waals surface area (Å²) >= 11 is 6.04. The molecule has 0 aliphatic rings. The number of ether oxygens (including phenoxy) is 1. The number of methoxy groups -OCH3 is 1. The Morgan fingerprint density at radius 3 is 2.82 bits per heavy atom. The van der Waals surface area contributed by atoms with Crippen molar-refractivity contribution in [2.45, 2.75) is 6.42 Å². The molecule has 0 radical (unpaired) electrons. The number of hydrogen-bond donors (Lipinski definition) is 1. The first kappa shape index (κ1) is 13.8. The van der Waals surface area contributed by atoms with Crippen molar-refractivity contribution in [3.8, 4) is 0 Å². The van der Waals surface area contributed by atoms with Gasteiger partial charge in [-0.3, -0.25) is 0 Å². The zero-order chi connectivity index (χ0) is 12.8. The highest BCUT2D eigenvalue weighted by molar-refractivity contribution is 6.34. The fraction of sp³-hybridized carbons (Fsp3) is 0.417. The lowest BCUT2D eigenvalue weighted by Crippen LogP contribution is -2.22. The van der Waals surface area contributed by atoms with Crippen molar-refractivity contribution in [2.75, 3.05) is 32.2 Å². The number of para-hydroxylation sites is 1. The Morgan fingerprint density at radius 1 is 1.53 bits per heavy atom. The lowest BCUT2D eigenvalue weighted by Gasteiger charge is -2.22. The molecule has 17 heavy (non-hydrogen) atoms. The molecule has 0 spiro atoms. The molecular weight excluding hydrogens is 242 g/mol. The van der Waals surface area contributed by atoms with E-state index < -0.39 is 5.97 Å². The first-order valence-corrected chi connectivity index (χ1v) is 5.67. The minimum atomic E-state index is -0.971. The summed E-state index contributed by atoms with van der Waals surface area (Å²) in [5.41, 5.74) is 0.773. The van der Waals surface area contributed by atoms with Gasteiger partial charge in [-0.1, -0.05) is 17.7 Å². The number of hydrogen-bond acceptors (Lipinski definition) is 3. The molecule has 0 bridgehead atoms. The van der Waals surface area contributed by atoms with Gasteiger partial charge in [-0.25, -0.2) is 4.79 Å².